The van der Waals surface area contributed by atoms with E-state index in [0.29, 0.717) is 6.61 Å². The van der Waals surface area contributed by atoms with Crippen molar-refractivity contribution in [2.75, 3.05) is 17.3 Å². The van der Waals surface area contributed by atoms with Gasteiger partial charge in [0.25, 0.3) is 0 Å². The molecule has 1 rings (SSSR count). The Morgan fingerprint density at radius 3 is 2.35 bits per heavy atom. The van der Waals surface area contributed by atoms with E-state index >= 15 is 0 Å². The van der Waals surface area contributed by atoms with Crippen LogP contribution in [0.2, 0.25) is 0 Å². The van der Waals surface area contributed by atoms with Gasteiger partial charge in [-0.25, -0.2) is 0 Å². The van der Waals surface area contributed by atoms with Gasteiger partial charge in [-0.15, -0.1) is 0 Å². The van der Waals surface area contributed by atoms with E-state index < -0.39 is 0 Å². The van der Waals surface area contributed by atoms with Crippen LogP contribution >= 0.6 is 15.9 Å². The first-order valence-corrected chi connectivity index (χ1v) is 6.66. The van der Waals surface area contributed by atoms with Gasteiger partial charge in [-0.2, -0.15) is 0 Å². The maximum atomic E-state index is 11.7. The Balaban J connectivity index is 2.59. The van der Waals surface area contributed by atoms with E-state index in [0.717, 1.165) is 16.8 Å². The van der Waals surface area contributed by atoms with Gasteiger partial charge in [0, 0.05) is 16.4 Å². The van der Waals surface area contributed by atoms with Crippen LogP contribution in [-0.4, -0.2) is 17.8 Å². The minimum absolute atomic E-state index is 0.00614. The lowest BCUT2D eigenvalue weighted by Crippen LogP contribution is -2.27. The number of alkyl halides is 1. The number of benzene rings is 1. The number of carbonyl (C=O) groups is 1. The topological polar surface area (TPSA) is 38.3 Å². The first-order valence-electron chi connectivity index (χ1n) is 5.54. The summed E-state index contributed by atoms with van der Waals surface area (Å²) in [5.41, 5.74) is 0.404. The van der Waals surface area contributed by atoms with Crippen molar-refractivity contribution in [1.29, 1.82) is 0 Å². The third-order valence-electron chi connectivity index (χ3n) is 2.14. The molecule has 0 radical (unpaired) electrons. The molecule has 0 saturated carbocycles. The van der Waals surface area contributed by atoms with Gasteiger partial charge < -0.3 is 10.1 Å². The summed E-state index contributed by atoms with van der Waals surface area (Å²) in [5, 5.41) is 3.66. The highest BCUT2D eigenvalue weighted by Crippen LogP contribution is 2.19. The molecule has 17 heavy (non-hydrogen) atoms. The van der Waals surface area contributed by atoms with Crippen LogP contribution in [0.1, 0.15) is 20.8 Å². The molecular weight excluding hydrogens is 282 g/mol. The second-order valence-corrected chi connectivity index (χ2v) is 5.56. The van der Waals surface area contributed by atoms with E-state index in [1.807, 2.05) is 45.0 Å². The van der Waals surface area contributed by atoms with E-state index in [1.165, 1.54) is 0 Å². The third-order valence-corrected chi connectivity index (χ3v) is 2.46. The Hall–Kier alpha value is -1.03. The van der Waals surface area contributed by atoms with Crippen LogP contribution < -0.4 is 10.1 Å². The first kappa shape index (κ1) is 14.0. The Morgan fingerprint density at radius 1 is 1.29 bits per heavy atom. The molecule has 0 bridgehead atoms. The number of nitrogens with one attached hydrogen (secondary N) is 1. The highest BCUT2D eigenvalue weighted by atomic mass is 79.9. The Labute approximate surface area is 111 Å². The molecule has 3 nitrogen and oxygen atoms in total. The van der Waals surface area contributed by atoms with Gasteiger partial charge in [-0.1, -0.05) is 36.7 Å². The summed E-state index contributed by atoms with van der Waals surface area (Å²) in [6, 6.07) is 7.38. The van der Waals surface area contributed by atoms with Crippen molar-refractivity contribution >= 4 is 27.5 Å². The molecule has 1 aromatic rings. The largest absolute Gasteiger partial charge is 0.493 e. The SMILES string of the molecule is CC(C)(C)C(=O)Nc1ccc(OCCBr)cc1. The summed E-state index contributed by atoms with van der Waals surface area (Å²) < 4.78 is 5.42. The van der Waals surface area contributed by atoms with Gasteiger partial charge >= 0.3 is 0 Å². The van der Waals surface area contributed by atoms with Crippen LogP contribution in [0.25, 0.3) is 0 Å². The molecule has 1 amide bonds. The maximum Gasteiger partial charge on any atom is 0.229 e. The van der Waals surface area contributed by atoms with E-state index in [2.05, 4.69) is 21.2 Å². The van der Waals surface area contributed by atoms with Crippen LogP contribution in [0, 0.1) is 5.41 Å². The Morgan fingerprint density at radius 2 is 1.88 bits per heavy atom. The highest BCUT2D eigenvalue weighted by Gasteiger charge is 2.20. The molecule has 0 heterocycles. The van der Waals surface area contributed by atoms with Crippen LogP contribution in [0.15, 0.2) is 24.3 Å². The number of hydrogen-bond acceptors (Lipinski definition) is 2. The maximum absolute atomic E-state index is 11.7. The Kier molecular flexibility index (Phi) is 5.00. The summed E-state index contributed by atoms with van der Waals surface area (Å²) in [6.07, 6.45) is 0. The number of carbonyl (C=O) groups excluding carboxylic acids is 1. The molecule has 0 atom stereocenters. The van der Waals surface area contributed by atoms with Crippen molar-refractivity contribution in [2.45, 2.75) is 20.8 Å². The predicted molar refractivity (Wildman–Crippen MR) is 73.8 cm³/mol. The van der Waals surface area contributed by atoms with E-state index in [-0.39, 0.29) is 11.3 Å². The molecule has 0 aliphatic carbocycles. The molecule has 0 fully saturated rings. The molecule has 4 heteroatoms. The zero-order chi connectivity index (χ0) is 12.9. The van der Waals surface area contributed by atoms with Crippen molar-refractivity contribution in [3.8, 4) is 5.75 Å². The number of ether oxygens (including phenoxy) is 1. The fourth-order valence-corrected chi connectivity index (χ4v) is 1.27. The van der Waals surface area contributed by atoms with Crippen molar-refractivity contribution in [2.24, 2.45) is 5.41 Å². The zero-order valence-electron chi connectivity index (χ0n) is 10.4. The van der Waals surface area contributed by atoms with Crippen LogP contribution in [0.3, 0.4) is 0 Å². The van der Waals surface area contributed by atoms with E-state index in [9.17, 15) is 4.79 Å². The second-order valence-electron chi connectivity index (χ2n) is 4.77. The summed E-state index contributed by atoms with van der Waals surface area (Å²) in [6.45, 7) is 6.29. The number of halogens is 1. The molecule has 0 aliphatic heterocycles. The second kappa shape index (κ2) is 6.05. The fourth-order valence-electron chi connectivity index (χ4n) is 1.11. The van der Waals surface area contributed by atoms with Gasteiger partial charge in [-0.05, 0) is 24.3 Å². The number of amides is 1. The smallest absolute Gasteiger partial charge is 0.229 e. The molecular formula is C13H18BrNO2. The summed E-state index contributed by atoms with van der Waals surface area (Å²) in [5.74, 6) is 0.810. The van der Waals surface area contributed by atoms with Gasteiger partial charge in [0.2, 0.25) is 5.91 Å². The molecule has 0 spiro atoms. The van der Waals surface area contributed by atoms with E-state index in [1.54, 1.807) is 0 Å². The summed E-state index contributed by atoms with van der Waals surface area (Å²) in [7, 11) is 0. The molecule has 1 aromatic carbocycles. The van der Waals surface area contributed by atoms with Crippen LogP contribution in [0.4, 0.5) is 5.69 Å². The fraction of sp³-hybridized carbons (Fsp3) is 0.462. The molecule has 0 aromatic heterocycles. The van der Waals surface area contributed by atoms with E-state index in [4.69, 9.17) is 4.74 Å². The lowest BCUT2D eigenvalue weighted by Gasteiger charge is -2.17. The third kappa shape index (κ3) is 4.77. The van der Waals surface area contributed by atoms with Gasteiger partial charge in [0.05, 0.1) is 6.61 Å². The average molecular weight is 300 g/mol. The number of rotatable bonds is 4. The standard InChI is InChI=1S/C13H18BrNO2/c1-13(2,3)12(16)15-10-4-6-11(7-5-10)17-9-8-14/h4-7H,8-9H2,1-3H3,(H,15,16). The van der Waals surface area contributed by atoms with Crippen molar-refractivity contribution in [3.63, 3.8) is 0 Å². The van der Waals surface area contributed by atoms with Crippen molar-refractivity contribution < 1.29 is 9.53 Å². The average Bonchev–Trinajstić information content (AvgIpc) is 2.27. The highest BCUT2D eigenvalue weighted by molar-refractivity contribution is 9.09. The van der Waals surface area contributed by atoms with Gasteiger partial charge in [-0.3, -0.25) is 4.79 Å². The summed E-state index contributed by atoms with van der Waals surface area (Å²) in [4.78, 5) is 11.7. The lowest BCUT2D eigenvalue weighted by molar-refractivity contribution is -0.123. The quantitative estimate of drug-likeness (QED) is 0.865. The van der Waals surface area contributed by atoms with Crippen molar-refractivity contribution in [1.82, 2.24) is 0 Å². The molecule has 0 aliphatic rings. The van der Waals surface area contributed by atoms with Crippen molar-refractivity contribution in [3.05, 3.63) is 24.3 Å². The Bertz CT molecular complexity index is 368. The van der Waals surface area contributed by atoms with Gasteiger partial charge in [0.1, 0.15) is 5.75 Å². The molecule has 1 N–H and O–H groups in total. The monoisotopic (exact) mass is 299 g/mol. The molecule has 0 saturated heterocycles. The minimum Gasteiger partial charge on any atom is -0.493 e. The number of hydrogen-bond donors (Lipinski definition) is 1. The van der Waals surface area contributed by atoms with Crippen LogP contribution in [-0.2, 0) is 4.79 Å². The summed E-state index contributed by atoms with van der Waals surface area (Å²) >= 11 is 3.29. The first-order chi connectivity index (χ1) is 7.93. The minimum atomic E-state index is -0.384. The zero-order valence-corrected chi connectivity index (χ0v) is 12.0. The lowest BCUT2D eigenvalue weighted by atomic mass is 9.95. The normalized spacial score (nSPS) is 11.1. The van der Waals surface area contributed by atoms with Gasteiger partial charge in [0.15, 0.2) is 0 Å². The molecule has 0 unspecified atom stereocenters. The predicted octanol–water partition coefficient (Wildman–Crippen LogP) is 3.44. The number of anilines is 1. The van der Waals surface area contributed by atoms with Crippen LogP contribution in [0.5, 0.6) is 5.75 Å². The molecule has 94 valence electrons.